The fourth-order valence-electron chi connectivity index (χ4n) is 9.82. The molecule has 11 atom stereocenters. The Balaban J connectivity index is 0.818. The molecule has 6 N–H and O–H groups in total. The highest BCUT2D eigenvalue weighted by Gasteiger charge is 2.57. The van der Waals surface area contributed by atoms with Crippen molar-refractivity contribution >= 4 is 87.8 Å². The van der Waals surface area contributed by atoms with Gasteiger partial charge in [-0.15, -0.1) is 24.4 Å². The number of aliphatic hydroxyl groups is 4. The number of morpholine rings is 2. The molecule has 6 heterocycles. The number of thioether (sulfide) groups is 1. The first kappa shape index (κ1) is 70.4. The largest absolute Gasteiger partial charge is 0.492 e. The van der Waals surface area contributed by atoms with Gasteiger partial charge in [0.25, 0.3) is 0 Å². The molecular weight excluding hydrogens is 1260 g/mol. The number of aromatic nitrogens is 1. The van der Waals surface area contributed by atoms with E-state index in [-0.39, 0.29) is 108 Å². The molecule has 2 aromatic rings. The molecule has 0 saturated carbocycles. The van der Waals surface area contributed by atoms with Crippen LogP contribution in [0.1, 0.15) is 16.8 Å². The molecule has 0 aliphatic carbocycles. The molecule has 7 rings (SSSR count). The lowest BCUT2D eigenvalue weighted by Gasteiger charge is -2.49. The van der Waals surface area contributed by atoms with E-state index in [4.69, 9.17) is 52.1 Å². The molecule has 0 radical (unpaired) electrons. The van der Waals surface area contributed by atoms with Crippen LogP contribution in [-0.2, 0) is 92.3 Å². The fraction of sp³-hybridized carbons (Fsp3) is 0.667. The van der Waals surface area contributed by atoms with Crippen molar-refractivity contribution in [1.82, 2.24) is 29.9 Å². The average Bonchev–Trinajstić information content (AvgIpc) is 1.45. The number of ether oxygens (including phenoxy) is 11. The normalized spacial score (nSPS) is 25.5. The van der Waals surface area contributed by atoms with Crippen molar-refractivity contribution in [3.63, 3.8) is 0 Å². The standard InChI is InChI=1S/C51H64F6N6O24S2/c52-50(53,54)48(75)62-4-7-84-46-38(62)42(71)40(69)30(86-46)19-58-33(64)23-79-11-9-77-13-15-82-36(67)22-60-21-28(27-17-26(1-2-29(27)60)81-6-3-61-35(66)18-32(44(61)73)89-25-37(68)88)45(74)83-16-14-78-10-12-80-24-34(65)59-20-31-41(70)43(72)39-47(87-31)85-8-5-63(39)49(76)51(55,56)57/h1-2,17,21,30-32,38-43,46-47,69-72H,3-16,18-20,22-25H2,(H,58,64)(H,59,65)(H,68,88)/t30-,31-,32?,38+,39+,40+,41+,42-,43-,46-,47-/m1/s1. The second kappa shape index (κ2) is 32.3. The molecule has 1 aromatic carbocycles. The van der Waals surface area contributed by atoms with Crippen LogP contribution in [0.25, 0.3) is 10.9 Å². The van der Waals surface area contributed by atoms with Crippen molar-refractivity contribution in [2.45, 2.75) is 91.9 Å². The second-order valence-corrected chi connectivity index (χ2v) is 21.7. The molecule has 1 unspecified atom stereocenters. The van der Waals surface area contributed by atoms with Crippen molar-refractivity contribution < 1.29 is 142 Å². The summed E-state index contributed by atoms with van der Waals surface area (Å²) in [5.41, 5.74) is 0.323. The van der Waals surface area contributed by atoms with Crippen LogP contribution in [0, 0.1) is 0 Å². The lowest BCUT2D eigenvalue weighted by atomic mass is 9.94. The van der Waals surface area contributed by atoms with Crippen LogP contribution in [0.15, 0.2) is 24.4 Å². The summed E-state index contributed by atoms with van der Waals surface area (Å²) in [6, 6.07) is 1.21. The first-order valence-electron chi connectivity index (χ1n) is 27.4. The van der Waals surface area contributed by atoms with Crippen LogP contribution < -0.4 is 15.4 Å². The quantitative estimate of drug-likeness (QED) is 0.0133. The summed E-state index contributed by atoms with van der Waals surface area (Å²) in [6.07, 6.45) is -22.4. The zero-order chi connectivity index (χ0) is 64.7. The van der Waals surface area contributed by atoms with Gasteiger partial charge in [-0.1, -0.05) is 0 Å². The number of rotatable bonds is 30. The number of carbonyl (C=O) groups excluding carboxylic acids is 9. The van der Waals surface area contributed by atoms with Crippen molar-refractivity contribution in [2.75, 3.05) is 124 Å². The molecule has 5 fully saturated rings. The molecule has 6 amide bonds. The van der Waals surface area contributed by atoms with E-state index in [9.17, 15) is 89.9 Å². The summed E-state index contributed by atoms with van der Waals surface area (Å²) < 4.78 is 140. The van der Waals surface area contributed by atoms with E-state index in [1.54, 1.807) is 0 Å². The summed E-state index contributed by atoms with van der Waals surface area (Å²) in [4.78, 5) is 114. The Morgan fingerprint density at radius 2 is 1.18 bits per heavy atom. The molecular formula is C51H64F6N6O24S2. The number of halogens is 6. The number of nitrogens with zero attached hydrogens (tertiary/aromatic N) is 4. The van der Waals surface area contributed by atoms with Gasteiger partial charge in [-0.25, -0.2) is 4.79 Å². The van der Waals surface area contributed by atoms with Crippen LogP contribution in [0.5, 0.6) is 5.75 Å². The summed E-state index contributed by atoms with van der Waals surface area (Å²) in [7, 11) is 0. The molecule has 5 saturated heterocycles. The average molecular weight is 1320 g/mol. The highest BCUT2D eigenvalue weighted by atomic mass is 32.2. The van der Waals surface area contributed by atoms with Crippen LogP contribution in [0.2, 0.25) is 0 Å². The number of amides is 6. The summed E-state index contributed by atoms with van der Waals surface area (Å²) in [6.45, 7) is -5.49. The Morgan fingerprint density at radius 3 is 1.70 bits per heavy atom. The van der Waals surface area contributed by atoms with E-state index < -0.39 is 177 Å². The SMILES string of the molecule is O=C(S)CSC1CC(=O)N(CCOc2ccc3c(c2)c(C(=O)OCCOCCOCC(=O)NC[C@H]2O[C@H]4OCCN(C(=O)C(F)(F)F)[C@H]4[C@@H](O)[C@H]2O)cn3CC(=O)OCCOCCOCC(=O)NC[C@H]2O[C@H]3OCCN(C(=O)C(F)(F)F)[C@H]3[C@@H](O)[C@H]2O)C1=O. The molecule has 38 heteroatoms. The first-order valence-corrected chi connectivity index (χ1v) is 28.9. The Morgan fingerprint density at radius 1 is 0.674 bits per heavy atom. The van der Waals surface area contributed by atoms with Crippen LogP contribution in [-0.4, -0.2) is 295 Å². The van der Waals surface area contributed by atoms with Gasteiger partial charge in [0, 0.05) is 49.7 Å². The molecule has 0 bridgehead atoms. The minimum Gasteiger partial charge on any atom is -0.492 e. The fourth-order valence-corrected chi connectivity index (χ4v) is 10.9. The van der Waals surface area contributed by atoms with Gasteiger partial charge in [0.1, 0.15) is 94.0 Å². The Bertz CT molecular complexity index is 2840. The highest BCUT2D eigenvalue weighted by Crippen LogP contribution is 2.34. The van der Waals surface area contributed by atoms with Crippen molar-refractivity contribution in [3.05, 3.63) is 30.0 Å². The Hall–Kier alpha value is -6.01. The number of likely N-dealkylation sites (tertiary alicyclic amines) is 1. The molecule has 89 heavy (non-hydrogen) atoms. The molecule has 5 aliphatic rings. The van der Waals surface area contributed by atoms with Gasteiger partial charge in [-0.3, -0.25) is 43.3 Å². The molecule has 0 spiro atoms. The summed E-state index contributed by atoms with van der Waals surface area (Å²) >= 11 is 4.70. The first-order chi connectivity index (χ1) is 42.2. The van der Waals surface area contributed by atoms with Crippen LogP contribution in [0.3, 0.4) is 0 Å². The summed E-state index contributed by atoms with van der Waals surface area (Å²) in [5, 5.41) is 46.2. The molecule has 30 nitrogen and oxygen atoms in total. The number of hydrogen-bond acceptors (Lipinski definition) is 25. The van der Waals surface area contributed by atoms with Gasteiger partial charge in [-0.05, 0) is 18.2 Å². The summed E-state index contributed by atoms with van der Waals surface area (Å²) in [5.74, 6) is -8.31. The molecule has 1 aromatic heterocycles. The van der Waals surface area contributed by atoms with Gasteiger partial charge >= 0.3 is 36.1 Å². The van der Waals surface area contributed by atoms with Crippen molar-refractivity contribution in [1.29, 1.82) is 0 Å². The van der Waals surface area contributed by atoms with E-state index >= 15 is 0 Å². The number of imide groups is 1. The number of thiol groups is 1. The van der Waals surface area contributed by atoms with Crippen molar-refractivity contribution in [3.8, 4) is 5.75 Å². The lowest BCUT2D eigenvalue weighted by molar-refractivity contribution is -0.300. The zero-order valence-corrected chi connectivity index (χ0v) is 48.6. The van der Waals surface area contributed by atoms with Gasteiger partial charge in [-0.2, -0.15) is 26.3 Å². The van der Waals surface area contributed by atoms with Crippen LogP contribution in [0.4, 0.5) is 26.3 Å². The number of benzene rings is 1. The van der Waals surface area contributed by atoms with E-state index in [2.05, 4.69) is 23.3 Å². The maximum absolute atomic E-state index is 13.6. The van der Waals surface area contributed by atoms with Gasteiger partial charge in [0.2, 0.25) is 23.6 Å². The predicted molar refractivity (Wildman–Crippen MR) is 286 cm³/mol. The third kappa shape index (κ3) is 19.0. The number of carbonyl (C=O) groups is 9. The number of aliphatic hydroxyl groups excluding tert-OH is 4. The monoisotopic (exact) mass is 1320 g/mol. The van der Waals surface area contributed by atoms with Gasteiger partial charge < -0.3 is 97.5 Å². The minimum absolute atomic E-state index is 0.0256. The number of alkyl halides is 6. The van der Waals surface area contributed by atoms with E-state index in [1.807, 2.05) is 0 Å². The van der Waals surface area contributed by atoms with Gasteiger partial charge in [0.05, 0.1) is 76.0 Å². The van der Waals surface area contributed by atoms with Crippen molar-refractivity contribution in [2.24, 2.45) is 0 Å². The third-order valence-electron chi connectivity index (χ3n) is 14.0. The topological polar surface area (TPSA) is 375 Å². The van der Waals surface area contributed by atoms with E-state index in [1.165, 1.54) is 29.0 Å². The number of nitrogens with one attached hydrogen (secondary N) is 2. The van der Waals surface area contributed by atoms with E-state index in [0.717, 1.165) is 16.7 Å². The smallest absolute Gasteiger partial charge is 0.471 e. The maximum Gasteiger partial charge on any atom is 0.471 e. The molecule has 5 aliphatic heterocycles. The Kier molecular flexibility index (Phi) is 25.6. The lowest BCUT2D eigenvalue weighted by Crippen LogP contribution is -2.70. The number of hydrogen-bond donors (Lipinski definition) is 7. The molecule has 496 valence electrons. The predicted octanol–water partition coefficient (Wildman–Crippen LogP) is -3.19. The highest BCUT2D eigenvalue weighted by molar-refractivity contribution is 8.05. The van der Waals surface area contributed by atoms with Crippen LogP contribution >= 0.6 is 24.4 Å². The zero-order valence-electron chi connectivity index (χ0n) is 46.9. The maximum atomic E-state index is 13.6. The second-order valence-electron chi connectivity index (χ2n) is 20.0. The number of esters is 2. The number of fused-ring (bicyclic) bond motifs is 3. The minimum atomic E-state index is -5.25. The van der Waals surface area contributed by atoms with Gasteiger partial charge in [0.15, 0.2) is 17.7 Å². The Labute approximate surface area is 510 Å². The third-order valence-corrected chi connectivity index (χ3v) is 15.6. The van der Waals surface area contributed by atoms with E-state index in [0.29, 0.717) is 15.3 Å².